The van der Waals surface area contributed by atoms with Crippen LogP contribution in [0, 0.1) is 12.8 Å². The number of hydrogen-bond donors (Lipinski definition) is 1. The molecule has 1 amide bonds. The summed E-state index contributed by atoms with van der Waals surface area (Å²) in [5.74, 6) is 0.665. The maximum atomic E-state index is 12.3. The van der Waals surface area contributed by atoms with Gasteiger partial charge in [0.1, 0.15) is 5.69 Å². The van der Waals surface area contributed by atoms with Crippen LogP contribution >= 0.6 is 11.3 Å². The highest BCUT2D eigenvalue weighted by molar-refractivity contribution is 7.09. The Morgan fingerprint density at radius 3 is 3.05 bits per heavy atom. The number of nitrogens with zero attached hydrogens (tertiary/aromatic N) is 2. The second-order valence-electron chi connectivity index (χ2n) is 5.57. The van der Waals surface area contributed by atoms with E-state index in [1.807, 2.05) is 17.2 Å². The SMILES string of the molecule is Cc1nc(C(=O)N2CCCC(CNC(C)C)C2)cs1. The van der Waals surface area contributed by atoms with Crippen LogP contribution in [-0.2, 0) is 0 Å². The molecular weight excluding hydrogens is 258 g/mol. The maximum absolute atomic E-state index is 12.3. The Hall–Kier alpha value is -0.940. The summed E-state index contributed by atoms with van der Waals surface area (Å²) >= 11 is 1.54. The highest BCUT2D eigenvalue weighted by atomic mass is 32.1. The van der Waals surface area contributed by atoms with Crippen molar-refractivity contribution in [2.45, 2.75) is 39.7 Å². The van der Waals surface area contributed by atoms with Gasteiger partial charge in [0.25, 0.3) is 5.91 Å². The molecule has 1 atom stereocenters. The molecule has 5 heteroatoms. The van der Waals surface area contributed by atoms with Gasteiger partial charge in [-0.3, -0.25) is 4.79 Å². The van der Waals surface area contributed by atoms with Crippen LogP contribution in [0.25, 0.3) is 0 Å². The molecule has 1 saturated heterocycles. The van der Waals surface area contributed by atoms with Gasteiger partial charge >= 0.3 is 0 Å². The van der Waals surface area contributed by atoms with Gasteiger partial charge in [-0.15, -0.1) is 11.3 Å². The number of likely N-dealkylation sites (tertiary alicyclic amines) is 1. The third-order valence-corrected chi connectivity index (χ3v) is 4.23. The van der Waals surface area contributed by atoms with Crippen LogP contribution in [0.4, 0.5) is 0 Å². The number of hydrogen-bond acceptors (Lipinski definition) is 4. The van der Waals surface area contributed by atoms with Gasteiger partial charge in [-0.2, -0.15) is 0 Å². The predicted octanol–water partition coefficient (Wildman–Crippen LogP) is 2.30. The smallest absolute Gasteiger partial charge is 0.273 e. The first-order valence-electron chi connectivity index (χ1n) is 7.01. The number of aryl methyl sites for hydroxylation is 1. The Labute approximate surface area is 119 Å². The van der Waals surface area contributed by atoms with E-state index >= 15 is 0 Å². The lowest BCUT2D eigenvalue weighted by Gasteiger charge is -2.33. The molecule has 4 nitrogen and oxygen atoms in total. The molecule has 0 bridgehead atoms. The van der Waals surface area contributed by atoms with Crippen molar-refractivity contribution in [3.8, 4) is 0 Å². The van der Waals surface area contributed by atoms with E-state index in [1.54, 1.807) is 11.3 Å². The monoisotopic (exact) mass is 281 g/mol. The third kappa shape index (κ3) is 4.01. The Bertz CT molecular complexity index is 430. The molecule has 1 aromatic heterocycles. The highest BCUT2D eigenvalue weighted by Gasteiger charge is 2.25. The number of carbonyl (C=O) groups is 1. The number of rotatable bonds is 4. The molecule has 0 aliphatic carbocycles. The van der Waals surface area contributed by atoms with Crippen LogP contribution in [0.3, 0.4) is 0 Å². The van der Waals surface area contributed by atoms with Crippen molar-refractivity contribution in [1.29, 1.82) is 0 Å². The van der Waals surface area contributed by atoms with Gasteiger partial charge in [0.15, 0.2) is 0 Å². The molecule has 1 aliphatic heterocycles. The molecule has 1 aliphatic rings. The summed E-state index contributed by atoms with van der Waals surface area (Å²) in [6.45, 7) is 8.97. The van der Waals surface area contributed by atoms with Gasteiger partial charge in [-0.1, -0.05) is 13.8 Å². The van der Waals surface area contributed by atoms with E-state index in [-0.39, 0.29) is 5.91 Å². The molecule has 1 unspecified atom stereocenters. The minimum Gasteiger partial charge on any atom is -0.337 e. The topological polar surface area (TPSA) is 45.2 Å². The van der Waals surface area contributed by atoms with Crippen molar-refractivity contribution in [2.75, 3.05) is 19.6 Å². The Morgan fingerprint density at radius 2 is 2.42 bits per heavy atom. The number of aromatic nitrogens is 1. The Kier molecular flexibility index (Phi) is 4.93. The van der Waals surface area contributed by atoms with Crippen LogP contribution in [0.15, 0.2) is 5.38 Å². The Morgan fingerprint density at radius 1 is 1.63 bits per heavy atom. The van der Waals surface area contributed by atoms with E-state index in [0.29, 0.717) is 17.7 Å². The summed E-state index contributed by atoms with van der Waals surface area (Å²) in [7, 11) is 0. The molecule has 0 spiro atoms. The van der Waals surface area contributed by atoms with Crippen molar-refractivity contribution >= 4 is 17.2 Å². The number of piperidine rings is 1. The first-order valence-corrected chi connectivity index (χ1v) is 7.89. The lowest BCUT2D eigenvalue weighted by molar-refractivity contribution is 0.0667. The minimum atomic E-state index is 0.0959. The molecule has 106 valence electrons. The van der Waals surface area contributed by atoms with Gasteiger partial charge in [0, 0.05) is 24.5 Å². The molecule has 1 aromatic rings. The zero-order chi connectivity index (χ0) is 13.8. The minimum absolute atomic E-state index is 0.0959. The van der Waals surface area contributed by atoms with Gasteiger partial charge < -0.3 is 10.2 Å². The molecule has 1 N–H and O–H groups in total. The summed E-state index contributed by atoms with van der Waals surface area (Å²) in [5.41, 5.74) is 0.611. The molecule has 2 heterocycles. The molecule has 19 heavy (non-hydrogen) atoms. The fourth-order valence-electron chi connectivity index (χ4n) is 2.44. The standard InChI is InChI=1S/C14H23N3OS/c1-10(2)15-7-12-5-4-6-17(8-12)14(18)13-9-19-11(3)16-13/h9-10,12,15H,4-8H2,1-3H3. The quantitative estimate of drug-likeness (QED) is 0.921. The van der Waals surface area contributed by atoms with Crippen molar-refractivity contribution in [2.24, 2.45) is 5.92 Å². The largest absolute Gasteiger partial charge is 0.337 e. The van der Waals surface area contributed by atoms with Crippen LogP contribution in [0.2, 0.25) is 0 Å². The fourth-order valence-corrected chi connectivity index (χ4v) is 3.03. The van der Waals surface area contributed by atoms with Crippen molar-refractivity contribution in [1.82, 2.24) is 15.2 Å². The lowest BCUT2D eigenvalue weighted by Crippen LogP contribution is -2.43. The number of thiazole rings is 1. The summed E-state index contributed by atoms with van der Waals surface area (Å²) in [6, 6.07) is 0.507. The molecule has 0 saturated carbocycles. The zero-order valence-corrected chi connectivity index (χ0v) is 12.8. The van der Waals surface area contributed by atoms with E-state index in [9.17, 15) is 4.79 Å². The average molecular weight is 281 g/mol. The maximum Gasteiger partial charge on any atom is 0.273 e. The van der Waals surface area contributed by atoms with E-state index in [0.717, 1.165) is 31.1 Å². The van der Waals surface area contributed by atoms with Crippen molar-refractivity contribution in [3.05, 3.63) is 16.1 Å². The van der Waals surface area contributed by atoms with Gasteiger partial charge in [0.2, 0.25) is 0 Å². The van der Waals surface area contributed by atoms with Gasteiger partial charge in [-0.25, -0.2) is 4.98 Å². The molecule has 0 radical (unpaired) electrons. The number of nitrogens with one attached hydrogen (secondary N) is 1. The lowest BCUT2D eigenvalue weighted by atomic mass is 9.97. The first kappa shape index (κ1) is 14.5. The van der Waals surface area contributed by atoms with Gasteiger partial charge in [-0.05, 0) is 32.2 Å². The second-order valence-corrected chi connectivity index (χ2v) is 6.64. The van der Waals surface area contributed by atoms with Crippen molar-refractivity contribution in [3.63, 3.8) is 0 Å². The molecule has 2 rings (SSSR count). The summed E-state index contributed by atoms with van der Waals surface area (Å²) in [5, 5.41) is 6.29. The van der Waals surface area contributed by atoms with E-state index in [1.165, 1.54) is 6.42 Å². The second kappa shape index (κ2) is 6.48. The summed E-state index contributed by atoms with van der Waals surface area (Å²) in [6.07, 6.45) is 2.30. The molecular formula is C14H23N3OS. The van der Waals surface area contributed by atoms with Gasteiger partial charge in [0.05, 0.1) is 5.01 Å². The normalized spacial score (nSPS) is 20.0. The third-order valence-electron chi connectivity index (χ3n) is 3.46. The van der Waals surface area contributed by atoms with Crippen LogP contribution in [0.5, 0.6) is 0 Å². The Balaban J connectivity index is 1.91. The molecule has 0 aromatic carbocycles. The number of amides is 1. The predicted molar refractivity (Wildman–Crippen MR) is 78.6 cm³/mol. The number of carbonyl (C=O) groups excluding carboxylic acids is 1. The van der Waals surface area contributed by atoms with Crippen LogP contribution < -0.4 is 5.32 Å². The average Bonchev–Trinajstić information content (AvgIpc) is 2.82. The van der Waals surface area contributed by atoms with Crippen LogP contribution in [-0.4, -0.2) is 41.5 Å². The zero-order valence-electron chi connectivity index (χ0n) is 12.0. The summed E-state index contributed by atoms with van der Waals surface area (Å²) < 4.78 is 0. The van der Waals surface area contributed by atoms with E-state index < -0.39 is 0 Å². The highest BCUT2D eigenvalue weighted by Crippen LogP contribution is 2.19. The van der Waals surface area contributed by atoms with E-state index in [4.69, 9.17) is 0 Å². The summed E-state index contributed by atoms with van der Waals surface area (Å²) in [4.78, 5) is 18.6. The first-order chi connectivity index (χ1) is 9.06. The fraction of sp³-hybridized carbons (Fsp3) is 0.714. The van der Waals surface area contributed by atoms with E-state index in [2.05, 4.69) is 24.1 Å². The van der Waals surface area contributed by atoms with Crippen molar-refractivity contribution < 1.29 is 4.79 Å². The molecule has 1 fully saturated rings. The van der Waals surface area contributed by atoms with Crippen LogP contribution in [0.1, 0.15) is 42.2 Å².